The van der Waals surface area contributed by atoms with Crippen LogP contribution in [0.1, 0.15) is 11.3 Å². The van der Waals surface area contributed by atoms with Gasteiger partial charge in [0.05, 0.1) is 0 Å². The van der Waals surface area contributed by atoms with Crippen molar-refractivity contribution in [3.63, 3.8) is 0 Å². The number of aryl methyl sites for hydroxylation is 2. The zero-order valence-corrected chi connectivity index (χ0v) is 15.8. The van der Waals surface area contributed by atoms with E-state index in [4.69, 9.17) is 4.42 Å². The molecule has 2 aromatic carbocycles. The number of rotatable bonds is 1. The van der Waals surface area contributed by atoms with Crippen LogP contribution in [0.2, 0.25) is 0 Å². The summed E-state index contributed by atoms with van der Waals surface area (Å²) in [7, 11) is 0. The van der Waals surface area contributed by atoms with Gasteiger partial charge in [-0.2, -0.15) is 0 Å². The van der Waals surface area contributed by atoms with E-state index in [1.165, 1.54) is 0 Å². The van der Waals surface area contributed by atoms with Crippen LogP contribution >= 0.6 is 0 Å². The quantitative estimate of drug-likeness (QED) is 0.391. The molecule has 0 bridgehead atoms. The van der Waals surface area contributed by atoms with E-state index in [1.54, 1.807) is 0 Å². The summed E-state index contributed by atoms with van der Waals surface area (Å²) in [5.74, 6) is 0.764. The minimum atomic E-state index is 0.764. The van der Waals surface area contributed by atoms with Gasteiger partial charge in [-0.05, 0) is 0 Å². The molecule has 106 valence electrons. The Bertz CT molecular complexity index is 1000. The molecule has 2 heterocycles. The second-order valence-electron chi connectivity index (χ2n) is 5.42. The molecule has 0 saturated carbocycles. The van der Waals surface area contributed by atoms with Crippen LogP contribution in [-0.2, 0) is 0 Å². The molecule has 22 heavy (non-hydrogen) atoms. The molecule has 4 aromatic rings. The van der Waals surface area contributed by atoms with Gasteiger partial charge in [0.15, 0.2) is 0 Å². The molecule has 0 aliphatic heterocycles. The van der Waals surface area contributed by atoms with Crippen molar-refractivity contribution >= 4 is 50.1 Å². The predicted octanol–water partition coefficient (Wildman–Crippen LogP) is 3.45. The number of para-hydroxylation sites is 1. The summed E-state index contributed by atoms with van der Waals surface area (Å²) in [6.07, 6.45) is 0. The molecule has 2 radical (unpaired) electrons. The first-order valence-electron chi connectivity index (χ1n) is 7.09. The summed E-state index contributed by atoms with van der Waals surface area (Å²) in [4.78, 5) is 9.30. The fourth-order valence-corrected chi connectivity index (χ4v) is 3.92. The molecule has 0 fully saturated rings. The van der Waals surface area contributed by atoms with E-state index in [1.807, 2.05) is 31.2 Å². The van der Waals surface area contributed by atoms with E-state index in [2.05, 4.69) is 35.1 Å². The van der Waals surface area contributed by atoms with Crippen LogP contribution in [0.3, 0.4) is 0 Å². The monoisotopic (exact) mass is 482 g/mol. The molecule has 0 saturated heterocycles. The summed E-state index contributed by atoms with van der Waals surface area (Å²) in [6, 6.07) is 14.4. The van der Waals surface area contributed by atoms with Gasteiger partial charge in [-0.3, -0.25) is 0 Å². The summed E-state index contributed by atoms with van der Waals surface area (Å²) in [5.41, 5.74) is 4.92. The van der Waals surface area contributed by atoms with E-state index in [-0.39, 0.29) is 0 Å². The van der Waals surface area contributed by atoms with Gasteiger partial charge in [0, 0.05) is 0 Å². The first kappa shape index (κ1) is 13.8. The Morgan fingerprint density at radius 3 is 2.59 bits per heavy atom. The number of hydrogen-bond donors (Lipinski definition) is 0. The summed E-state index contributed by atoms with van der Waals surface area (Å²) in [5, 5.41) is 2.25. The van der Waals surface area contributed by atoms with E-state index in [9.17, 15) is 0 Å². The van der Waals surface area contributed by atoms with Crippen molar-refractivity contribution in [2.45, 2.75) is 13.8 Å². The number of fused-ring (bicyclic) bond motifs is 3. The van der Waals surface area contributed by atoms with Crippen molar-refractivity contribution in [1.29, 1.82) is 0 Å². The molecule has 0 N–H and O–H groups in total. The third-order valence-corrected chi connectivity index (χ3v) is 4.71. The number of aromatic nitrogens is 2. The Labute approximate surface area is 143 Å². The van der Waals surface area contributed by atoms with Gasteiger partial charge < -0.3 is 0 Å². The minimum absolute atomic E-state index is 0.764. The molecular formula is C18H13BiN2O. The zero-order chi connectivity index (χ0) is 15.3. The van der Waals surface area contributed by atoms with Crippen LogP contribution in [0, 0.1) is 13.8 Å². The fourth-order valence-electron chi connectivity index (χ4n) is 2.83. The number of furan rings is 1. The molecule has 2 aromatic heterocycles. The van der Waals surface area contributed by atoms with Gasteiger partial charge in [-0.15, -0.1) is 0 Å². The third kappa shape index (κ3) is 2.14. The first-order chi connectivity index (χ1) is 10.6. The number of nitrogens with zero attached hydrogens (tertiary/aromatic N) is 2. The van der Waals surface area contributed by atoms with Gasteiger partial charge in [0.2, 0.25) is 0 Å². The zero-order valence-electron chi connectivity index (χ0n) is 12.3. The maximum atomic E-state index is 6.13. The molecule has 0 aliphatic rings. The Balaban J connectivity index is 2.14. The van der Waals surface area contributed by atoms with Gasteiger partial charge in [0.1, 0.15) is 0 Å². The Kier molecular flexibility index (Phi) is 3.23. The fraction of sp³-hybridized carbons (Fsp3) is 0.111. The van der Waals surface area contributed by atoms with Crippen molar-refractivity contribution in [3.05, 3.63) is 53.7 Å². The van der Waals surface area contributed by atoms with Crippen LogP contribution in [0.5, 0.6) is 0 Å². The molecule has 0 unspecified atom stereocenters. The standard InChI is InChI=1S/C18H13N2O.Bi/c1-11-7-8-14-13-5-3-4-6-15(13)21-17(14)16(11)18-19-10-9-12(2)20-18;/h3-9H,1-2H3;. The predicted molar refractivity (Wildman–Crippen MR) is 89.6 cm³/mol. The molecule has 0 spiro atoms. The van der Waals surface area contributed by atoms with Gasteiger partial charge in [-0.25, -0.2) is 0 Å². The molecule has 3 nitrogen and oxygen atoms in total. The van der Waals surface area contributed by atoms with Gasteiger partial charge in [-0.1, -0.05) is 0 Å². The average molecular weight is 482 g/mol. The second-order valence-corrected chi connectivity index (χ2v) is 7.20. The average Bonchev–Trinajstić information content (AvgIpc) is 2.84. The molecule has 4 heteroatoms. The van der Waals surface area contributed by atoms with Crippen molar-refractivity contribution in [3.8, 4) is 11.4 Å². The topological polar surface area (TPSA) is 38.9 Å². The van der Waals surface area contributed by atoms with Crippen molar-refractivity contribution in [2.75, 3.05) is 0 Å². The normalized spacial score (nSPS) is 11.4. The molecule has 0 aliphatic carbocycles. The van der Waals surface area contributed by atoms with Crippen molar-refractivity contribution in [2.24, 2.45) is 0 Å². The van der Waals surface area contributed by atoms with E-state index in [0.717, 1.165) is 72.7 Å². The van der Waals surface area contributed by atoms with Crippen LogP contribution < -0.4 is 3.40 Å². The third-order valence-electron chi connectivity index (χ3n) is 3.82. The Morgan fingerprint density at radius 1 is 0.955 bits per heavy atom. The summed E-state index contributed by atoms with van der Waals surface area (Å²) < 4.78 is 7.21. The second kappa shape index (κ2) is 5.13. The summed E-state index contributed by atoms with van der Waals surface area (Å²) >= 11 is 1.13. The van der Waals surface area contributed by atoms with E-state index >= 15 is 0 Å². The first-order valence-corrected chi connectivity index (χ1v) is 8.83. The van der Waals surface area contributed by atoms with Gasteiger partial charge >= 0.3 is 143 Å². The van der Waals surface area contributed by atoms with E-state index < -0.39 is 0 Å². The van der Waals surface area contributed by atoms with Gasteiger partial charge in [0.25, 0.3) is 0 Å². The maximum absolute atomic E-state index is 6.13. The Hall–Kier alpha value is -1.80. The number of benzene rings is 2. The molecular weight excluding hydrogens is 469 g/mol. The van der Waals surface area contributed by atoms with Crippen molar-refractivity contribution in [1.82, 2.24) is 9.97 Å². The Morgan fingerprint density at radius 2 is 1.77 bits per heavy atom. The van der Waals surface area contributed by atoms with Crippen LogP contribution in [0.15, 0.2) is 46.9 Å². The SMILES string of the molecule is Cc1c[c]([Bi])nc(-c2c(C)ccc3c2oc2ccccc23)n1. The van der Waals surface area contributed by atoms with Crippen LogP contribution in [0.25, 0.3) is 33.3 Å². The molecule has 0 amide bonds. The van der Waals surface area contributed by atoms with Crippen molar-refractivity contribution < 1.29 is 4.42 Å². The molecule has 4 rings (SSSR count). The van der Waals surface area contributed by atoms with E-state index in [0.29, 0.717) is 0 Å². The molecule has 0 atom stereocenters. The van der Waals surface area contributed by atoms with Crippen LogP contribution in [-0.4, -0.2) is 34.7 Å². The van der Waals surface area contributed by atoms with Crippen LogP contribution in [0.4, 0.5) is 0 Å². The number of hydrogen-bond acceptors (Lipinski definition) is 3. The summed E-state index contributed by atoms with van der Waals surface area (Å²) in [6.45, 7) is 4.09.